The second kappa shape index (κ2) is 5.81. The fraction of sp³-hybridized carbons (Fsp3) is 0.214. The lowest BCUT2D eigenvalue weighted by Crippen LogP contribution is -2.17. The van der Waals surface area contributed by atoms with Crippen LogP contribution in [-0.2, 0) is 0 Å². The predicted molar refractivity (Wildman–Crippen MR) is 70.5 cm³/mol. The van der Waals surface area contributed by atoms with Crippen LogP contribution in [0.25, 0.3) is 11.3 Å². The molecule has 106 valence electrons. The molecule has 0 saturated heterocycles. The van der Waals surface area contributed by atoms with E-state index < -0.39 is 6.36 Å². The Balaban J connectivity index is 2.28. The number of benzene rings is 1. The number of aromatic nitrogens is 1. The van der Waals surface area contributed by atoms with E-state index >= 15 is 0 Å². The Morgan fingerprint density at radius 2 is 1.90 bits per heavy atom. The van der Waals surface area contributed by atoms with Crippen molar-refractivity contribution in [2.24, 2.45) is 0 Å². The molecule has 0 radical (unpaired) electrons. The van der Waals surface area contributed by atoms with Crippen molar-refractivity contribution >= 4 is 5.82 Å². The van der Waals surface area contributed by atoms with Crippen LogP contribution in [0.2, 0.25) is 0 Å². The molecule has 3 nitrogen and oxygen atoms in total. The Hall–Kier alpha value is -2.24. The Labute approximate surface area is 114 Å². The van der Waals surface area contributed by atoms with Gasteiger partial charge in [-0.25, -0.2) is 4.98 Å². The zero-order valence-corrected chi connectivity index (χ0v) is 10.7. The summed E-state index contributed by atoms with van der Waals surface area (Å²) in [6.07, 6.45) is -4.70. The van der Waals surface area contributed by atoms with Crippen LogP contribution in [0.1, 0.15) is 6.92 Å². The lowest BCUT2D eigenvalue weighted by molar-refractivity contribution is -0.274. The molecule has 0 aliphatic rings. The molecule has 0 saturated carbocycles. The molecule has 6 heteroatoms. The van der Waals surface area contributed by atoms with E-state index in [1.807, 2.05) is 6.92 Å². The summed E-state index contributed by atoms with van der Waals surface area (Å²) in [5.74, 6) is 0.415. The summed E-state index contributed by atoms with van der Waals surface area (Å²) in [4.78, 5) is 4.32. The maximum Gasteiger partial charge on any atom is 0.573 e. The number of pyridine rings is 1. The third kappa shape index (κ3) is 3.88. The lowest BCUT2D eigenvalue weighted by atomic mass is 10.1. The van der Waals surface area contributed by atoms with E-state index in [9.17, 15) is 13.2 Å². The number of hydrogen-bond acceptors (Lipinski definition) is 3. The van der Waals surface area contributed by atoms with Crippen molar-refractivity contribution in [1.29, 1.82) is 0 Å². The SMILES string of the molecule is CCNc1cccc(-c2cccc(OC(F)(F)F)c2)n1. The first kappa shape index (κ1) is 14.2. The van der Waals surface area contributed by atoms with Gasteiger partial charge < -0.3 is 10.1 Å². The minimum Gasteiger partial charge on any atom is -0.406 e. The summed E-state index contributed by atoms with van der Waals surface area (Å²) in [7, 11) is 0. The van der Waals surface area contributed by atoms with Crippen LogP contribution >= 0.6 is 0 Å². The van der Waals surface area contributed by atoms with Crippen molar-refractivity contribution in [1.82, 2.24) is 4.98 Å². The van der Waals surface area contributed by atoms with E-state index in [-0.39, 0.29) is 5.75 Å². The molecular formula is C14H13F3N2O. The number of ether oxygens (including phenoxy) is 1. The number of halogens is 3. The van der Waals surface area contributed by atoms with Gasteiger partial charge in [0.1, 0.15) is 11.6 Å². The molecule has 0 aliphatic carbocycles. The fourth-order valence-corrected chi connectivity index (χ4v) is 1.73. The van der Waals surface area contributed by atoms with E-state index in [2.05, 4.69) is 15.0 Å². The normalized spacial score (nSPS) is 11.2. The second-order valence-electron chi connectivity index (χ2n) is 4.01. The van der Waals surface area contributed by atoms with Gasteiger partial charge in [-0.3, -0.25) is 0 Å². The summed E-state index contributed by atoms with van der Waals surface area (Å²) in [5, 5.41) is 3.05. The third-order valence-corrected chi connectivity index (χ3v) is 2.47. The van der Waals surface area contributed by atoms with Crippen LogP contribution < -0.4 is 10.1 Å². The first-order valence-corrected chi connectivity index (χ1v) is 6.05. The highest BCUT2D eigenvalue weighted by Gasteiger charge is 2.31. The van der Waals surface area contributed by atoms with E-state index in [1.165, 1.54) is 18.2 Å². The van der Waals surface area contributed by atoms with Crippen molar-refractivity contribution in [3.05, 3.63) is 42.5 Å². The molecule has 0 unspecified atom stereocenters. The minimum atomic E-state index is -4.70. The van der Waals surface area contributed by atoms with Crippen LogP contribution in [0.3, 0.4) is 0 Å². The standard InChI is InChI=1S/C14H13F3N2O/c1-2-18-13-8-4-7-12(19-13)10-5-3-6-11(9-10)20-14(15,16)17/h3-9H,2H2,1H3,(H,18,19). The van der Waals surface area contributed by atoms with Crippen LogP contribution in [0.5, 0.6) is 5.75 Å². The topological polar surface area (TPSA) is 34.1 Å². The molecule has 1 aromatic carbocycles. The first-order chi connectivity index (χ1) is 9.48. The number of rotatable bonds is 4. The van der Waals surface area contributed by atoms with Gasteiger partial charge in [0.2, 0.25) is 0 Å². The van der Waals surface area contributed by atoms with E-state index in [0.29, 0.717) is 23.6 Å². The van der Waals surface area contributed by atoms with Crippen molar-refractivity contribution in [3.8, 4) is 17.0 Å². The lowest BCUT2D eigenvalue weighted by Gasteiger charge is -2.10. The van der Waals surface area contributed by atoms with Crippen molar-refractivity contribution < 1.29 is 17.9 Å². The zero-order chi connectivity index (χ0) is 14.6. The number of alkyl halides is 3. The summed E-state index contributed by atoms with van der Waals surface area (Å²) in [5.41, 5.74) is 1.14. The molecule has 2 rings (SSSR count). The predicted octanol–water partition coefficient (Wildman–Crippen LogP) is 4.08. The molecule has 1 N–H and O–H groups in total. The molecule has 0 aliphatic heterocycles. The van der Waals surface area contributed by atoms with E-state index in [1.54, 1.807) is 24.3 Å². The minimum absolute atomic E-state index is 0.259. The van der Waals surface area contributed by atoms with Crippen molar-refractivity contribution in [2.75, 3.05) is 11.9 Å². The number of nitrogens with one attached hydrogen (secondary N) is 1. The van der Waals surface area contributed by atoms with Crippen molar-refractivity contribution in [3.63, 3.8) is 0 Å². The van der Waals surface area contributed by atoms with Crippen LogP contribution in [0.4, 0.5) is 19.0 Å². The van der Waals surface area contributed by atoms with Gasteiger partial charge in [-0.1, -0.05) is 18.2 Å². The van der Waals surface area contributed by atoms with Crippen LogP contribution in [-0.4, -0.2) is 17.9 Å². The molecule has 1 aromatic heterocycles. The third-order valence-electron chi connectivity index (χ3n) is 2.47. The van der Waals surface area contributed by atoms with Gasteiger partial charge in [0, 0.05) is 12.1 Å². The summed E-state index contributed by atoms with van der Waals surface area (Å²) < 4.78 is 40.5. The van der Waals surface area contributed by atoms with Crippen LogP contribution in [0, 0.1) is 0 Å². The Kier molecular flexibility index (Phi) is 4.12. The fourth-order valence-electron chi connectivity index (χ4n) is 1.73. The van der Waals surface area contributed by atoms with Gasteiger partial charge in [-0.15, -0.1) is 13.2 Å². The van der Waals surface area contributed by atoms with Crippen molar-refractivity contribution in [2.45, 2.75) is 13.3 Å². The zero-order valence-electron chi connectivity index (χ0n) is 10.7. The Bertz CT molecular complexity index is 585. The molecular weight excluding hydrogens is 269 g/mol. The monoisotopic (exact) mass is 282 g/mol. The first-order valence-electron chi connectivity index (χ1n) is 6.05. The van der Waals surface area contributed by atoms with Gasteiger partial charge in [-0.05, 0) is 31.2 Å². The van der Waals surface area contributed by atoms with Gasteiger partial charge in [0.15, 0.2) is 0 Å². The molecule has 0 atom stereocenters. The summed E-state index contributed by atoms with van der Waals surface area (Å²) in [6.45, 7) is 2.65. The highest BCUT2D eigenvalue weighted by atomic mass is 19.4. The molecule has 0 bridgehead atoms. The number of nitrogens with zero attached hydrogens (tertiary/aromatic N) is 1. The molecule has 20 heavy (non-hydrogen) atoms. The molecule has 1 heterocycles. The average molecular weight is 282 g/mol. The van der Waals surface area contributed by atoms with E-state index in [4.69, 9.17) is 0 Å². The largest absolute Gasteiger partial charge is 0.573 e. The van der Waals surface area contributed by atoms with E-state index in [0.717, 1.165) is 0 Å². The molecule has 0 spiro atoms. The maximum absolute atomic E-state index is 12.2. The highest BCUT2D eigenvalue weighted by molar-refractivity contribution is 5.63. The Morgan fingerprint density at radius 1 is 1.15 bits per heavy atom. The van der Waals surface area contributed by atoms with Gasteiger partial charge in [-0.2, -0.15) is 0 Å². The van der Waals surface area contributed by atoms with Gasteiger partial charge in [0.25, 0.3) is 0 Å². The maximum atomic E-state index is 12.2. The van der Waals surface area contributed by atoms with Crippen LogP contribution in [0.15, 0.2) is 42.5 Å². The second-order valence-corrected chi connectivity index (χ2v) is 4.01. The quantitative estimate of drug-likeness (QED) is 0.917. The summed E-state index contributed by atoms with van der Waals surface area (Å²) in [6, 6.07) is 11.1. The Morgan fingerprint density at radius 3 is 2.60 bits per heavy atom. The summed E-state index contributed by atoms with van der Waals surface area (Å²) >= 11 is 0. The number of anilines is 1. The average Bonchev–Trinajstić information content (AvgIpc) is 2.38. The number of hydrogen-bond donors (Lipinski definition) is 1. The van der Waals surface area contributed by atoms with Gasteiger partial charge in [0.05, 0.1) is 5.69 Å². The van der Waals surface area contributed by atoms with Gasteiger partial charge >= 0.3 is 6.36 Å². The molecule has 0 fully saturated rings. The smallest absolute Gasteiger partial charge is 0.406 e. The highest BCUT2D eigenvalue weighted by Crippen LogP contribution is 2.27. The molecule has 0 amide bonds. The molecule has 2 aromatic rings.